The maximum absolute atomic E-state index is 11.3. The zero-order valence-electron chi connectivity index (χ0n) is 15.9. The number of para-hydroxylation sites is 1. The predicted molar refractivity (Wildman–Crippen MR) is 114 cm³/mol. The molecule has 2 atom stereocenters. The van der Waals surface area contributed by atoms with Crippen molar-refractivity contribution < 1.29 is 19.1 Å². The van der Waals surface area contributed by atoms with Gasteiger partial charge in [0.1, 0.15) is 17.1 Å². The van der Waals surface area contributed by atoms with E-state index in [1.54, 1.807) is 19.1 Å². The molecular formula is C23H17ClN2O4. The summed E-state index contributed by atoms with van der Waals surface area (Å²) in [4.78, 5) is 18.9. The molecule has 2 aromatic heterocycles. The number of carboxylic acids is 1. The number of aryl methyl sites for hydroxylation is 1. The molecule has 0 spiro atoms. The number of imidazole rings is 1. The van der Waals surface area contributed by atoms with Gasteiger partial charge in [0, 0.05) is 5.39 Å². The first-order chi connectivity index (χ1) is 14.5. The monoisotopic (exact) mass is 420 g/mol. The van der Waals surface area contributed by atoms with E-state index in [4.69, 9.17) is 20.8 Å². The summed E-state index contributed by atoms with van der Waals surface area (Å²) >= 11 is 6.61. The van der Waals surface area contributed by atoms with Crippen molar-refractivity contribution in [1.29, 1.82) is 0 Å². The van der Waals surface area contributed by atoms with Crippen molar-refractivity contribution in [2.45, 2.75) is 18.2 Å². The molecule has 0 aliphatic heterocycles. The summed E-state index contributed by atoms with van der Waals surface area (Å²) in [5.74, 6) is -0.00808. The van der Waals surface area contributed by atoms with Gasteiger partial charge in [0.25, 0.3) is 6.01 Å². The Kier molecular flexibility index (Phi) is 4.37. The standard InChI is InChI=1S/C23H17ClN2O4/c1-12-6-7-14(9-15(12)22(27)28)29-23-25-18-10-16(17(24)11-19(18)26-23)21-8-13-4-2-3-5-20(13)30-21/h2-11,16-17H,1H3,(H,25,26)(H,27,28). The molecule has 0 radical (unpaired) electrons. The molecule has 0 bridgehead atoms. The van der Waals surface area contributed by atoms with Gasteiger partial charge in [0.15, 0.2) is 0 Å². The van der Waals surface area contributed by atoms with Crippen LogP contribution in [0.4, 0.5) is 0 Å². The Balaban J connectivity index is 1.48. The van der Waals surface area contributed by atoms with Gasteiger partial charge in [-0.15, -0.1) is 11.6 Å². The fourth-order valence-corrected chi connectivity index (χ4v) is 3.94. The van der Waals surface area contributed by atoms with E-state index in [0.29, 0.717) is 16.7 Å². The molecule has 0 saturated heterocycles. The molecule has 1 aliphatic carbocycles. The summed E-state index contributed by atoms with van der Waals surface area (Å²) in [5, 5.41) is 11.5. The fourth-order valence-electron chi connectivity index (χ4n) is 3.62. The topological polar surface area (TPSA) is 88.4 Å². The van der Waals surface area contributed by atoms with Crippen molar-refractivity contribution >= 4 is 40.7 Å². The highest BCUT2D eigenvalue weighted by atomic mass is 35.5. The van der Waals surface area contributed by atoms with Crippen LogP contribution in [0.2, 0.25) is 0 Å². The normalized spacial score (nSPS) is 17.8. The quantitative estimate of drug-likeness (QED) is 0.488. The lowest BCUT2D eigenvalue weighted by molar-refractivity contribution is 0.0695. The number of benzene rings is 2. The molecule has 2 N–H and O–H groups in total. The first-order valence-electron chi connectivity index (χ1n) is 9.42. The van der Waals surface area contributed by atoms with Crippen LogP contribution in [0.25, 0.3) is 23.1 Å². The van der Waals surface area contributed by atoms with Crippen LogP contribution in [0.5, 0.6) is 11.8 Å². The number of furan rings is 1. The summed E-state index contributed by atoms with van der Waals surface area (Å²) < 4.78 is 11.7. The minimum absolute atomic E-state index is 0.166. The number of H-pyrrole nitrogens is 1. The molecule has 1 aliphatic rings. The third-order valence-electron chi connectivity index (χ3n) is 5.17. The Hall–Kier alpha value is -3.51. The maximum Gasteiger partial charge on any atom is 0.336 e. The van der Waals surface area contributed by atoms with Gasteiger partial charge in [-0.2, -0.15) is 4.98 Å². The van der Waals surface area contributed by atoms with E-state index in [1.165, 1.54) is 6.07 Å². The molecule has 0 saturated carbocycles. The second kappa shape index (κ2) is 7.07. The molecule has 6 nitrogen and oxygen atoms in total. The lowest BCUT2D eigenvalue weighted by Crippen LogP contribution is -2.32. The fraction of sp³-hybridized carbons (Fsp3) is 0.130. The van der Waals surface area contributed by atoms with E-state index in [2.05, 4.69) is 9.97 Å². The van der Waals surface area contributed by atoms with Gasteiger partial charge in [0.05, 0.1) is 27.6 Å². The van der Waals surface area contributed by atoms with Gasteiger partial charge >= 0.3 is 5.97 Å². The number of aromatic nitrogens is 2. The van der Waals surface area contributed by atoms with Gasteiger partial charge in [-0.3, -0.25) is 0 Å². The molecule has 2 aromatic carbocycles. The average molecular weight is 421 g/mol. The lowest BCUT2D eigenvalue weighted by Gasteiger charge is -2.15. The first-order valence-corrected chi connectivity index (χ1v) is 9.85. The smallest absolute Gasteiger partial charge is 0.336 e. The third kappa shape index (κ3) is 3.25. The number of hydrogen-bond acceptors (Lipinski definition) is 4. The number of aromatic amines is 1. The molecule has 2 unspecified atom stereocenters. The van der Waals surface area contributed by atoms with Gasteiger partial charge in [-0.1, -0.05) is 24.3 Å². The van der Waals surface area contributed by atoms with Crippen molar-refractivity contribution in [2.75, 3.05) is 0 Å². The molecular weight excluding hydrogens is 404 g/mol. The zero-order chi connectivity index (χ0) is 20.8. The average Bonchev–Trinajstić information content (AvgIpc) is 3.31. The van der Waals surface area contributed by atoms with E-state index < -0.39 is 5.97 Å². The van der Waals surface area contributed by atoms with E-state index in [1.807, 2.05) is 42.5 Å². The van der Waals surface area contributed by atoms with Gasteiger partial charge in [-0.05, 0) is 48.9 Å². The number of fused-ring (bicyclic) bond motifs is 2. The van der Waals surface area contributed by atoms with E-state index in [0.717, 1.165) is 22.1 Å². The number of nitrogens with zero attached hydrogens (tertiary/aromatic N) is 1. The number of carboxylic acid groups (broad SMARTS) is 1. The molecule has 150 valence electrons. The van der Waals surface area contributed by atoms with Crippen molar-refractivity contribution in [3.8, 4) is 11.8 Å². The van der Waals surface area contributed by atoms with E-state index in [-0.39, 0.29) is 22.9 Å². The number of alkyl halides is 1. The number of carbonyl (C=O) groups is 1. The van der Waals surface area contributed by atoms with Crippen LogP contribution < -0.4 is 15.4 Å². The number of halogens is 1. The zero-order valence-corrected chi connectivity index (χ0v) is 16.7. The van der Waals surface area contributed by atoms with Gasteiger partial charge in [0.2, 0.25) is 0 Å². The van der Waals surface area contributed by atoms with Crippen LogP contribution in [0.1, 0.15) is 27.6 Å². The second-order valence-corrected chi connectivity index (χ2v) is 7.72. The van der Waals surface area contributed by atoms with Crippen LogP contribution in [-0.2, 0) is 0 Å². The molecule has 2 heterocycles. The molecule has 0 amide bonds. The number of aromatic carboxylic acids is 1. The van der Waals surface area contributed by atoms with Crippen LogP contribution >= 0.6 is 11.6 Å². The highest BCUT2D eigenvalue weighted by Crippen LogP contribution is 2.32. The number of rotatable bonds is 4. The lowest BCUT2D eigenvalue weighted by atomic mass is 9.98. The van der Waals surface area contributed by atoms with Crippen molar-refractivity contribution in [3.63, 3.8) is 0 Å². The number of nitrogens with one attached hydrogen (secondary N) is 1. The molecule has 0 fully saturated rings. The van der Waals surface area contributed by atoms with Crippen LogP contribution in [0.15, 0.2) is 52.9 Å². The minimum Gasteiger partial charge on any atom is -0.478 e. The second-order valence-electron chi connectivity index (χ2n) is 7.21. The van der Waals surface area contributed by atoms with E-state index >= 15 is 0 Å². The highest BCUT2D eigenvalue weighted by Gasteiger charge is 2.25. The van der Waals surface area contributed by atoms with Crippen molar-refractivity contribution in [3.05, 3.63) is 76.1 Å². The summed E-state index contributed by atoms with van der Waals surface area (Å²) in [6.07, 6.45) is 3.83. The predicted octanol–water partition coefficient (Wildman–Crippen LogP) is 3.92. The Morgan fingerprint density at radius 1 is 1.20 bits per heavy atom. The Labute approximate surface area is 176 Å². The van der Waals surface area contributed by atoms with Crippen LogP contribution in [0, 0.1) is 6.92 Å². The summed E-state index contributed by atoms with van der Waals surface area (Å²) in [5.41, 5.74) is 1.66. The molecule has 4 aromatic rings. The van der Waals surface area contributed by atoms with Gasteiger partial charge < -0.3 is 19.2 Å². The largest absolute Gasteiger partial charge is 0.478 e. The maximum atomic E-state index is 11.3. The van der Waals surface area contributed by atoms with Crippen molar-refractivity contribution in [1.82, 2.24) is 9.97 Å². The van der Waals surface area contributed by atoms with Crippen LogP contribution in [0.3, 0.4) is 0 Å². The number of ether oxygens (including phenoxy) is 1. The Morgan fingerprint density at radius 2 is 2.03 bits per heavy atom. The SMILES string of the molecule is Cc1ccc(Oc2nc3c([nH]2)=CC(Cl)C(c2cc4ccccc4o2)C=3)cc1C(=O)O. The molecule has 30 heavy (non-hydrogen) atoms. The summed E-state index contributed by atoms with van der Waals surface area (Å²) in [7, 11) is 0. The van der Waals surface area contributed by atoms with E-state index in [9.17, 15) is 9.90 Å². The van der Waals surface area contributed by atoms with Gasteiger partial charge in [-0.25, -0.2) is 4.79 Å². The Morgan fingerprint density at radius 3 is 2.83 bits per heavy atom. The highest BCUT2D eigenvalue weighted by molar-refractivity contribution is 6.25. The molecule has 5 rings (SSSR count). The third-order valence-corrected chi connectivity index (χ3v) is 5.57. The summed E-state index contributed by atoms with van der Waals surface area (Å²) in [6.45, 7) is 1.74. The summed E-state index contributed by atoms with van der Waals surface area (Å²) in [6, 6.07) is 15.0. The van der Waals surface area contributed by atoms with Crippen molar-refractivity contribution in [2.24, 2.45) is 0 Å². The Bertz CT molecular complexity index is 1370. The van der Waals surface area contributed by atoms with Crippen LogP contribution in [-0.4, -0.2) is 26.4 Å². The number of hydrogen-bond donors (Lipinski definition) is 2. The first kappa shape index (κ1) is 18.5. The molecule has 7 heteroatoms. The minimum atomic E-state index is -1.00.